The van der Waals surface area contributed by atoms with Crippen LogP contribution in [0.3, 0.4) is 0 Å². The summed E-state index contributed by atoms with van der Waals surface area (Å²) in [6.45, 7) is 6.57. The van der Waals surface area contributed by atoms with E-state index in [4.69, 9.17) is 28.9 Å². The van der Waals surface area contributed by atoms with Gasteiger partial charge in [-0.05, 0) is 32.9 Å². The molecule has 0 radical (unpaired) electrons. The Morgan fingerprint density at radius 3 is 2.64 bits per heavy atom. The summed E-state index contributed by atoms with van der Waals surface area (Å²) in [4.78, 5) is 13.9. The average molecular weight is 340 g/mol. The molecule has 6 heteroatoms. The van der Waals surface area contributed by atoms with Crippen LogP contribution in [0.25, 0.3) is 0 Å². The highest BCUT2D eigenvalue weighted by Gasteiger charge is 2.28. The predicted molar refractivity (Wildman–Crippen MR) is 93.2 cm³/mol. The lowest BCUT2D eigenvalue weighted by Gasteiger charge is -2.23. The standard InChI is InChI=1S/C16H19Cl2N3O/c1-9(2)4-5-21-10(3)14(8-16(21)22)20-15-7-12(18)11(17)6-13(15)19/h4,6-8,10,20H,5,19H2,1-3H3. The maximum absolute atomic E-state index is 12.1. The summed E-state index contributed by atoms with van der Waals surface area (Å²) in [6.07, 6.45) is 3.62. The monoisotopic (exact) mass is 339 g/mol. The number of benzene rings is 1. The highest BCUT2D eigenvalue weighted by atomic mass is 35.5. The van der Waals surface area contributed by atoms with Crippen LogP contribution >= 0.6 is 23.2 Å². The molecule has 0 aromatic heterocycles. The number of nitrogens with two attached hydrogens (primary N) is 1. The molecule has 1 heterocycles. The van der Waals surface area contributed by atoms with Gasteiger partial charge in [0.25, 0.3) is 0 Å². The molecule has 2 rings (SSSR count). The second-order valence-corrected chi connectivity index (χ2v) is 6.34. The van der Waals surface area contributed by atoms with Crippen LogP contribution in [0.2, 0.25) is 10.0 Å². The summed E-state index contributed by atoms with van der Waals surface area (Å²) in [5.74, 6) is -0.0221. The second-order valence-electron chi connectivity index (χ2n) is 5.53. The number of nitrogen functional groups attached to an aromatic ring is 1. The molecule has 0 fully saturated rings. The maximum Gasteiger partial charge on any atom is 0.249 e. The van der Waals surface area contributed by atoms with E-state index < -0.39 is 0 Å². The second kappa shape index (κ2) is 6.63. The van der Waals surface area contributed by atoms with Gasteiger partial charge in [0.2, 0.25) is 5.91 Å². The molecule has 1 aliphatic heterocycles. The Kier molecular flexibility index (Phi) is 5.04. The van der Waals surface area contributed by atoms with Gasteiger partial charge in [0.15, 0.2) is 0 Å². The van der Waals surface area contributed by atoms with Gasteiger partial charge in [-0.2, -0.15) is 0 Å². The zero-order chi connectivity index (χ0) is 16.4. The first-order valence-corrected chi connectivity index (χ1v) is 7.72. The van der Waals surface area contributed by atoms with Gasteiger partial charge in [-0.1, -0.05) is 34.9 Å². The number of halogens is 2. The number of amides is 1. The van der Waals surface area contributed by atoms with E-state index in [2.05, 4.69) is 5.32 Å². The molecule has 1 atom stereocenters. The Balaban J connectivity index is 2.18. The summed E-state index contributed by atoms with van der Waals surface area (Å²) in [7, 11) is 0. The minimum absolute atomic E-state index is 0.0221. The number of hydrogen-bond acceptors (Lipinski definition) is 3. The van der Waals surface area contributed by atoms with E-state index in [-0.39, 0.29) is 11.9 Å². The molecule has 0 bridgehead atoms. The van der Waals surface area contributed by atoms with Crippen molar-refractivity contribution >= 4 is 40.5 Å². The lowest BCUT2D eigenvalue weighted by atomic mass is 10.2. The molecule has 1 amide bonds. The summed E-state index contributed by atoms with van der Waals surface area (Å²) < 4.78 is 0. The highest BCUT2D eigenvalue weighted by molar-refractivity contribution is 6.42. The fourth-order valence-corrected chi connectivity index (χ4v) is 2.53. The smallest absolute Gasteiger partial charge is 0.249 e. The van der Waals surface area contributed by atoms with Gasteiger partial charge >= 0.3 is 0 Å². The molecule has 0 saturated heterocycles. The average Bonchev–Trinajstić information content (AvgIpc) is 2.68. The number of rotatable bonds is 4. The van der Waals surface area contributed by atoms with Crippen LogP contribution in [0.1, 0.15) is 20.8 Å². The lowest BCUT2D eigenvalue weighted by Crippen LogP contribution is -2.34. The quantitative estimate of drug-likeness (QED) is 0.642. The molecule has 0 aliphatic carbocycles. The predicted octanol–water partition coefficient (Wildman–Crippen LogP) is 4.07. The first kappa shape index (κ1) is 16.7. The summed E-state index contributed by atoms with van der Waals surface area (Å²) >= 11 is 11.9. The Morgan fingerprint density at radius 2 is 2.00 bits per heavy atom. The van der Waals surface area contributed by atoms with Crippen molar-refractivity contribution < 1.29 is 4.79 Å². The van der Waals surface area contributed by atoms with Crippen LogP contribution in [-0.2, 0) is 4.79 Å². The lowest BCUT2D eigenvalue weighted by molar-refractivity contribution is -0.125. The third kappa shape index (κ3) is 3.57. The molecule has 118 valence electrons. The fraction of sp³-hybridized carbons (Fsp3) is 0.312. The molecule has 0 saturated carbocycles. The van der Waals surface area contributed by atoms with Crippen molar-refractivity contribution in [2.45, 2.75) is 26.8 Å². The van der Waals surface area contributed by atoms with Crippen molar-refractivity contribution in [1.82, 2.24) is 4.90 Å². The topological polar surface area (TPSA) is 58.4 Å². The number of carbonyl (C=O) groups excluding carboxylic acids is 1. The minimum atomic E-state index is -0.0584. The van der Waals surface area contributed by atoms with Crippen LogP contribution < -0.4 is 11.1 Å². The van der Waals surface area contributed by atoms with Crippen molar-refractivity contribution in [2.24, 2.45) is 0 Å². The van der Waals surface area contributed by atoms with E-state index in [1.165, 1.54) is 5.57 Å². The number of nitrogens with zero attached hydrogens (tertiary/aromatic N) is 1. The molecular formula is C16H19Cl2N3O. The van der Waals surface area contributed by atoms with Gasteiger partial charge in [0.05, 0.1) is 27.5 Å². The van der Waals surface area contributed by atoms with Crippen LogP contribution in [-0.4, -0.2) is 23.4 Å². The first-order chi connectivity index (χ1) is 10.3. The van der Waals surface area contributed by atoms with Gasteiger partial charge < -0.3 is 16.0 Å². The number of hydrogen-bond donors (Lipinski definition) is 2. The molecule has 1 aromatic carbocycles. The number of anilines is 2. The normalized spacial score (nSPS) is 17.5. The first-order valence-electron chi connectivity index (χ1n) is 6.96. The van der Waals surface area contributed by atoms with E-state index in [0.717, 1.165) is 5.70 Å². The van der Waals surface area contributed by atoms with Crippen LogP contribution in [0.4, 0.5) is 11.4 Å². The molecule has 0 spiro atoms. The Labute approximate surface area is 140 Å². The van der Waals surface area contributed by atoms with Crippen molar-refractivity contribution in [2.75, 3.05) is 17.6 Å². The maximum atomic E-state index is 12.1. The third-order valence-electron chi connectivity index (χ3n) is 3.55. The van der Waals surface area contributed by atoms with Crippen LogP contribution in [0, 0.1) is 0 Å². The number of nitrogens with one attached hydrogen (secondary N) is 1. The van der Waals surface area contributed by atoms with Gasteiger partial charge in [0.1, 0.15) is 0 Å². The van der Waals surface area contributed by atoms with E-state index in [9.17, 15) is 4.79 Å². The number of carbonyl (C=O) groups is 1. The molecule has 1 aromatic rings. The van der Waals surface area contributed by atoms with E-state index in [1.807, 2.05) is 26.8 Å². The summed E-state index contributed by atoms with van der Waals surface area (Å²) in [5.41, 5.74) is 9.03. The Hall–Kier alpha value is -1.65. The van der Waals surface area contributed by atoms with Gasteiger partial charge in [0, 0.05) is 18.3 Å². The molecule has 22 heavy (non-hydrogen) atoms. The molecule has 1 unspecified atom stereocenters. The zero-order valence-corrected chi connectivity index (χ0v) is 14.3. The van der Waals surface area contributed by atoms with Crippen LogP contribution in [0.5, 0.6) is 0 Å². The van der Waals surface area contributed by atoms with Crippen molar-refractivity contribution in [3.05, 3.63) is 45.6 Å². The van der Waals surface area contributed by atoms with E-state index in [0.29, 0.717) is 28.0 Å². The van der Waals surface area contributed by atoms with Crippen molar-refractivity contribution in [1.29, 1.82) is 0 Å². The Bertz CT molecular complexity index is 664. The Morgan fingerprint density at radius 1 is 1.36 bits per heavy atom. The largest absolute Gasteiger partial charge is 0.397 e. The highest BCUT2D eigenvalue weighted by Crippen LogP contribution is 2.32. The minimum Gasteiger partial charge on any atom is -0.397 e. The van der Waals surface area contributed by atoms with Gasteiger partial charge in [-0.3, -0.25) is 4.79 Å². The van der Waals surface area contributed by atoms with Crippen LogP contribution in [0.15, 0.2) is 35.6 Å². The molecular weight excluding hydrogens is 321 g/mol. The summed E-state index contributed by atoms with van der Waals surface area (Å²) in [6, 6.07) is 3.20. The van der Waals surface area contributed by atoms with Gasteiger partial charge in [-0.25, -0.2) is 0 Å². The number of allylic oxidation sites excluding steroid dienone is 1. The molecule has 1 aliphatic rings. The zero-order valence-electron chi connectivity index (χ0n) is 12.8. The molecule has 3 N–H and O–H groups in total. The summed E-state index contributed by atoms with van der Waals surface area (Å²) in [5, 5.41) is 4.00. The van der Waals surface area contributed by atoms with E-state index in [1.54, 1.807) is 23.1 Å². The van der Waals surface area contributed by atoms with Crippen molar-refractivity contribution in [3.63, 3.8) is 0 Å². The SMILES string of the molecule is CC(C)=CCN1C(=O)C=C(Nc2cc(Cl)c(Cl)cc2N)C1C. The van der Waals surface area contributed by atoms with Crippen molar-refractivity contribution in [3.8, 4) is 0 Å². The van der Waals surface area contributed by atoms with Gasteiger partial charge in [-0.15, -0.1) is 0 Å². The fourth-order valence-electron chi connectivity index (χ4n) is 2.19. The van der Waals surface area contributed by atoms with E-state index >= 15 is 0 Å². The molecule has 4 nitrogen and oxygen atoms in total. The third-order valence-corrected chi connectivity index (χ3v) is 4.27.